The lowest BCUT2D eigenvalue weighted by molar-refractivity contribution is -0.383. The highest BCUT2D eigenvalue weighted by molar-refractivity contribution is 6.03. The number of benzene rings is 1. The van der Waals surface area contributed by atoms with E-state index in [1.54, 1.807) is 19.0 Å². The van der Waals surface area contributed by atoms with Gasteiger partial charge in [-0.1, -0.05) is 0 Å². The second kappa shape index (κ2) is 4.69. The van der Waals surface area contributed by atoms with Crippen molar-refractivity contribution in [2.75, 3.05) is 31.8 Å². The summed E-state index contributed by atoms with van der Waals surface area (Å²) in [4.78, 5) is 23.3. The summed E-state index contributed by atoms with van der Waals surface area (Å²) >= 11 is 0. The molecule has 7 heteroatoms. The second-order valence-electron chi connectivity index (χ2n) is 3.54. The van der Waals surface area contributed by atoms with Crippen LogP contribution < -0.4 is 10.6 Å². The van der Waals surface area contributed by atoms with Crippen molar-refractivity contribution >= 4 is 23.0 Å². The minimum atomic E-state index is -0.699. The molecule has 0 atom stereocenters. The molecule has 0 radical (unpaired) electrons. The van der Waals surface area contributed by atoms with Crippen molar-refractivity contribution in [1.29, 1.82) is 0 Å². The van der Waals surface area contributed by atoms with E-state index in [1.807, 2.05) is 0 Å². The van der Waals surface area contributed by atoms with Crippen molar-refractivity contribution < 1.29 is 14.5 Å². The molecule has 0 aliphatic carbocycles. The van der Waals surface area contributed by atoms with E-state index in [0.717, 1.165) is 0 Å². The summed E-state index contributed by atoms with van der Waals surface area (Å²) in [5.74, 6) is -0.699. The van der Waals surface area contributed by atoms with Gasteiger partial charge < -0.3 is 15.4 Å². The van der Waals surface area contributed by atoms with Gasteiger partial charge >= 0.3 is 5.97 Å². The normalized spacial score (nSPS) is 9.82. The number of nitro benzene ring substituents is 1. The second-order valence-corrected chi connectivity index (χ2v) is 3.54. The molecule has 0 aliphatic rings. The van der Waals surface area contributed by atoms with Crippen LogP contribution in [0.25, 0.3) is 0 Å². The Kier molecular flexibility index (Phi) is 3.52. The Morgan fingerprint density at radius 2 is 2.06 bits per heavy atom. The number of nitro groups is 1. The summed E-state index contributed by atoms with van der Waals surface area (Å²) in [6, 6.07) is 2.72. The van der Waals surface area contributed by atoms with Crippen LogP contribution in [0.5, 0.6) is 0 Å². The van der Waals surface area contributed by atoms with Gasteiger partial charge in [0.05, 0.1) is 17.7 Å². The van der Waals surface area contributed by atoms with Crippen molar-refractivity contribution in [1.82, 2.24) is 0 Å². The van der Waals surface area contributed by atoms with Crippen molar-refractivity contribution in [3.05, 3.63) is 27.8 Å². The highest BCUT2D eigenvalue weighted by Crippen LogP contribution is 2.32. The molecule has 1 aromatic carbocycles. The molecule has 17 heavy (non-hydrogen) atoms. The Hall–Kier alpha value is -2.31. The summed E-state index contributed by atoms with van der Waals surface area (Å²) in [5, 5.41) is 10.7. The smallest absolute Gasteiger partial charge is 0.342 e. The number of nitrogen functional groups attached to an aromatic ring is 1. The Labute approximate surface area is 97.9 Å². The van der Waals surface area contributed by atoms with Crippen LogP contribution in [0.15, 0.2) is 12.1 Å². The Bertz CT molecular complexity index is 471. The molecule has 0 unspecified atom stereocenters. The number of esters is 1. The van der Waals surface area contributed by atoms with Crippen LogP contribution in [-0.2, 0) is 4.74 Å². The van der Waals surface area contributed by atoms with Crippen molar-refractivity contribution in [2.24, 2.45) is 0 Å². The summed E-state index contributed by atoms with van der Waals surface area (Å²) in [6.07, 6.45) is 0. The first-order valence-electron chi connectivity index (χ1n) is 4.72. The molecule has 0 saturated heterocycles. The van der Waals surface area contributed by atoms with Gasteiger partial charge in [0, 0.05) is 20.2 Å². The van der Waals surface area contributed by atoms with Gasteiger partial charge in [0.25, 0.3) is 5.69 Å². The maximum absolute atomic E-state index is 11.6. The van der Waals surface area contributed by atoms with Crippen LogP contribution in [0.4, 0.5) is 17.1 Å². The van der Waals surface area contributed by atoms with E-state index in [9.17, 15) is 14.9 Å². The van der Waals surface area contributed by atoms with Crippen molar-refractivity contribution in [2.45, 2.75) is 0 Å². The topological polar surface area (TPSA) is 98.7 Å². The predicted molar refractivity (Wildman–Crippen MR) is 63.2 cm³/mol. The minimum absolute atomic E-state index is 0.00620. The van der Waals surface area contributed by atoms with Crippen LogP contribution in [0.1, 0.15) is 10.4 Å². The first kappa shape index (κ1) is 12.8. The lowest BCUT2D eigenvalue weighted by atomic mass is 10.1. The minimum Gasteiger partial charge on any atom is -0.465 e. The molecule has 7 nitrogen and oxygen atoms in total. The molecule has 0 aromatic heterocycles. The number of nitrogens with zero attached hydrogens (tertiary/aromatic N) is 2. The fourth-order valence-electron chi connectivity index (χ4n) is 1.45. The molecular weight excluding hydrogens is 226 g/mol. The Morgan fingerprint density at radius 3 is 2.47 bits per heavy atom. The van der Waals surface area contributed by atoms with E-state index in [-0.39, 0.29) is 16.9 Å². The van der Waals surface area contributed by atoms with E-state index in [2.05, 4.69) is 4.74 Å². The average molecular weight is 239 g/mol. The van der Waals surface area contributed by atoms with Gasteiger partial charge in [-0.15, -0.1) is 0 Å². The first-order valence-corrected chi connectivity index (χ1v) is 4.72. The van der Waals surface area contributed by atoms with Crippen LogP contribution in [-0.4, -0.2) is 32.1 Å². The van der Waals surface area contributed by atoms with Gasteiger partial charge in [0.15, 0.2) is 0 Å². The van der Waals surface area contributed by atoms with E-state index in [0.29, 0.717) is 5.69 Å². The van der Waals surface area contributed by atoms with Crippen LogP contribution >= 0.6 is 0 Å². The summed E-state index contributed by atoms with van der Waals surface area (Å²) in [7, 11) is 4.60. The number of hydrogen-bond donors (Lipinski definition) is 1. The molecule has 92 valence electrons. The largest absolute Gasteiger partial charge is 0.465 e. The maximum Gasteiger partial charge on any atom is 0.342 e. The standard InChI is InChI=1S/C10H13N3O4/c1-12(2)6-4-5-7(13(15)16)9(11)8(6)10(14)17-3/h4-5H,11H2,1-3H3. The molecule has 1 aromatic rings. The monoisotopic (exact) mass is 239 g/mol. The SMILES string of the molecule is COC(=O)c1c(N(C)C)ccc([N+](=O)[O-])c1N. The average Bonchev–Trinajstić information content (AvgIpc) is 2.26. The van der Waals surface area contributed by atoms with Crippen molar-refractivity contribution in [3.8, 4) is 0 Å². The molecule has 0 fully saturated rings. The quantitative estimate of drug-likeness (QED) is 0.366. The summed E-state index contributed by atoms with van der Waals surface area (Å²) in [6.45, 7) is 0. The number of nitrogens with two attached hydrogens (primary N) is 1. The molecule has 0 aliphatic heterocycles. The zero-order chi connectivity index (χ0) is 13.2. The summed E-state index contributed by atoms with van der Waals surface area (Å²) in [5.41, 5.74) is 5.61. The first-order chi connectivity index (χ1) is 7.90. The number of hydrogen-bond acceptors (Lipinski definition) is 6. The fraction of sp³-hybridized carbons (Fsp3) is 0.300. The zero-order valence-corrected chi connectivity index (χ0v) is 9.76. The molecule has 0 amide bonds. The highest BCUT2D eigenvalue weighted by atomic mass is 16.6. The van der Waals surface area contributed by atoms with E-state index < -0.39 is 10.9 Å². The Morgan fingerprint density at radius 1 is 1.47 bits per heavy atom. The summed E-state index contributed by atoms with van der Waals surface area (Å²) < 4.78 is 4.57. The molecule has 1 rings (SSSR count). The Balaban J connectivity index is 3.53. The van der Waals surface area contributed by atoms with E-state index in [1.165, 1.54) is 19.2 Å². The number of carbonyl (C=O) groups is 1. The third-order valence-electron chi connectivity index (χ3n) is 2.27. The molecule has 2 N–H and O–H groups in total. The van der Waals surface area contributed by atoms with Gasteiger partial charge in [-0.2, -0.15) is 0 Å². The van der Waals surface area contributed by atoms with Gasteiger partial charge in [-0.3, -0.25) is 10.1 Å². The maximum atomic E-state index is 11.6. The fourth-order valence-corrected chi connectivity index (χ4v) is 1.45. The molecule has 0 bridgehead atoms. The zero-order valence-electron chi connectivity index (χ0n) is 9.76. The van der Waals surface area contributed by atoms with Crippen LogP contribution in [0.3, 0.4) is 0 Å². The number of carbonyl (C=O) groups excluding carboxylic acids is 1. The van der Waals surface area contributed by atoms with E-state index in [4.69, 9.17) is 5.73 Å². The van der Waals surface area contributed by atoms with Gasteiger partial charge in [-0.05, 0) is 6.07 Å². The van der Waals surface area contributed by atoms with Crippen LogP contribution in [0, 0.1) is 10.1 Å². The van der Waals surface area contributed by atoms with Gasteiger partial charge in [0.2, 0.25) is 0 Å². The number of anilines is 2. The third kappa shape index (κ3) is 2.27. The van der Waals surface area contributed by atoms with Crippen LogP contribution in [0.2, 0.25) is 0 Å². The molecular formula is C10H13N3O4. The lowest BCUT2D eigenvalue weighted by Gasteiger charge is -2.17. The van der Waals surface area contributed by atoms with Gasteiger partial charge in [0.1, 0.15) is 11.3 Å². The number of ether oxygens (including phenoxy) is 1. The lowest BCUT2D eigenvalue weighted by Crippen LogP contribution is -2.17. The highest BCUT2D eigenvalue weighted by Gasteiger charge is 2.24. The van der Waals surface area contributed by atoms with E-state index >= 15 is 0 Å². The third-order valence-corrected chi connectivity index (χ3v) is 2.27. The molecule has 0 saturated carbocycles. The molecule has 0 spiro atoms. The predicted octanol–water partition coefficient (Wildman–Crippen LogP) is 1.03. The van der Waals surface area contributed by atoms with Crippen molar-refractivity contribution in [3.63, 3.8) is 0 Å². The number of methoxy groups -OCH3 is 1. The van der Waals surface area contributed by atoms with Gasteiger partial charge in [-0.25, -0.2) is 4.79 Å². The number of rotatable bonds is 3. The molecule has 0 heterocycles.